The second-order valence-corrected chi connectivity index (χ2v) is 6.93. The Morgan fingerprint density at radius 2 is 2.15 bits per heavy atom. The largest absolute Gasteiger partial charge is 0.370 e. The zero-order chi connectivity index (χ0) is 18.5. The summed E-state index contributed by atoms with van der Waals surface area (Å²) in [6.07, 6.45) is 7.83. The van der Waals surface area contributed by atoms with Crippen molar-refractivity contribution in [2.45, 2.75) is 25.8 Å². The number of hydrogen-bond donors (Lipinski definition) is 2. The van der Waals surface area contributed by atoms with Crippen LogP contribution in [-0.4, -0.2) is 52.0 Å². The Hall–Kier alpha value is -2.41. The average Bonchev–Trinajstić information content (AvgIpc) is 3.06. The van der Waals surface area contributed by atoms with Crippen LogP contribution in [0.5, 0.6) is 0 Å². The number of rotatable bonds is 6. The van der Waals surface area contributed by atoms with Crippen LogP contribution in [-0.2, 0) is 7.05 Å². The summed E-state index contributed by atoms with van der Waals surface area (Å²) in [6, 6.07) is 4.03. The van der Waals surface area contributed by atoms with Gasteiger partial charge in [0.15, 0.2) is 0 Å². The molecule has 1 amide bonds. The number of nitrogens with one attached hydrogen (secondary N) is 2. The number of carbonyl (C=O) groups is 1. The highest BCUT2D eigenvalue weighted by atomic mass is 16.1. The minimum absolute atomic E-state index is 0.0864. The van der Waals surface area contributed by atoms with E-state index in [1.54, 1.807) is 6.20 Å². The molecule has 0 aliphatic carbocycles. The first-order valence-corrected chi connectivity index (χ1v) is 9.24. The van der Waals surface area contributed by atoms with Crippen molar-refractivity contribution in [2.75, 3.05) is 32.0 Å². The van der Waals surface area contributed by atoms with Crippen molar-refractivity contribution in [3.05, 3.63) is 42.1 Å². The van der Waals surface area contributed by atoms with E-state index in [9.17, 15) is 4.79 Å². The van der Waals surface area contributed by atoms with Gasteiger partial charge in [0.05, 0.1) is 23.6 Å². The molecule has 3 rings (SSSR count). The third-order valence-corrected chi connectivity index (χ3v) is 5.07. The molecule has 0 saturated carbocycles. The molecule has 1 aliphatic heterocycles. The minimum Gasteiger partial charge on any atom is -0.370 e. The van der Waals surface area contributed by atoms with Crippen molar-refractivity contribution in [3.63, 3.8) is 0 Å². The van der Waals surface area contributed by atoms with Crippen LogP contribution in [0.1, 0.15) is 41.9 Å². The van der Waals surface area contributed by atoms with Crippen molar-refractivity contribution in [3.8, 4) is 0 Å². The van der Waals surface area contributed by atoms with Crippen LogP contribution in [0.2, 0.25) is 0 Å². The molecule has 0 unspecified atom stereocenters. The van der Waals surface area contributed by atoms with Crippen LogP contribution >= 0.6 is 0 Å². The van der Waals surface area contributed by atoms with Crippen LogP contribution in [0.3, 0.4) is 0 Å². The first-order valence-electron chi connectivity index (χ1n) is 9.24. The predicted molar refractivity (Wildman–Crippen MR) is 102 cm³/mol. The maximum absolute atomic E-state index is 11.8. The van der Waals surface area contributed by atoms with Crippen molar-refractivity contribution in [1.29, 1.82) is 0 Å². The molecule has 0 aromatic carbocycles. The Kier molecular flexibility index (Phi) is 5.88. The molecule has 1 saturated heterocycles. The second kappa shape index (κ2) is 8.31. The number of likely N-dealkylation sites (tertiary alicyclic amines) is 1. The maximum Gasteiger partial charge on any atom is 0.252 e. The highest BCUT2D eigenvalue weighted by Gasteiger charge is 2.32. The van der Waals surface area contributed by atoms with Gasteiger partial charge in [-0.05, 0) is 51.4 Å². The van der Waals surface area contributed by atoms with Crippen LogP contribution in [0, 0.1) is 5.92 Å². The summed E-state index contributed by atoms with van der Waals surface area (Å²) in [7, 11) is 4.24. The number of pyridine rings is 1. The van der Waals surface area contributed by atoms with E-state index in [-0.39, 0.29) is 5.91 Å². The van der Waals surface area contributed by atoms with Crippen LogP contribution in [0.15, 0.2) is 30.9 Å². The van der Waals surface area contributed by atoms with Gasteiger partial charge in [-0.1, -0.05) is 0 Å². The Bertz CT molecular complexity index is 726. The molecule has 0 bridgehead atoms. The Balaban J connectivity index is 1.65. The predicted octanol–water partition coefficient (Wildman–Crippen LogP) is 2.06. The van der Waals surface area contributed by atoms with E-state index in [1.807, 2.05) is 31.6 Å². The quantitative estimate of drug-likeness (QED) is 0.829. The summed E-state index contributed by atoms with van der Waals surface area (Å²) >= 11 is 0. The Morgan fingerprint density at radius 3 is 2.81 bits per heavy atom. The molecule has 2 aromatic heterocycles. The number of aromatic nitrogens is 3. The normalized spacial score (nSPS) is 20.7. The lowest BCUT2D eigenvalue weighted by molar-refractivity contribution is 0.0955. The van der Waals surface area contributed by atoms with Gasteiger partial charge < -0.3 is 15.2 Å². The van der Waals surface area contributed by atoms with Crippen molar-refractivity contribution in [2.24, 2.45) is 13.0 Å². The SMILES string of the molecule is CCNC(=O)c1ccc(NC[C@@H]2CCCN(C)[C@H]2c2cncn2C)nc1. The molecule has 0 radical (unpaired) electrons. The van der Waals surface area contributed by atoms with E-state index in [0.29, 0.717) is 24.1 Å². The standard InChI is InChI=1S/C19H28N6O/c1-4-21-19(26)15-7-8-17(23-11-15)22-10-14-6-5-9-24(2)18(14)16-12-20-13-25(16)3/h7-8,11-14,18H,4-6,9-10H2,1-3H3,(H,21,26)(H,22,23)/t14-,18+/m0/s1. The summed E-state index contributed by atoms with van der Waals surface area (Å²) < 4.78 is 2.11. The molecule has 2 aromatic rings. The molecular formula is C19H28N6O. The summed E-state index contributed by atoms with van der Waals surface area (Å²) in [5, 5.41) is 6.23. The number of piperidine rings is 1. The van der Waals surface area contributed by atoms with Gasteiger partial charge in [-0.3, -0.25) is 9.69 Å². The number of imidazole rings is 1. The van der Waals surface area contributed by atoms with Gasteiger partial charge in [-0.25, -0.2) is 9.97 Å². The fraction of sp³-hybridized carbons (Fsp3) is 0.526. The van der Waals surface area contributed by atoms with Gasteiger partial charge in [0, 0.05) is 32.5 Å². The first-order chi connectivity index (χ1) is 12.6. The van der Waals surface area contributed by atoms with Crippen molar-refractivity contribution in [1.82, 2.24) is 24.8 Å². The zero-order valence-electron chi connectivity index (χ0n) is 15.8. The summed E-state index contributed by atoms with van der Waals surface area (Å²) in [5.41, 5.74) is 1.83. The van der Waals surface area contributed by atoms with Crippen LogP contribution in [0.25, 0.3) is 0 Å². The number of anilines is 1. The summed E-state index contributed by atoms with van der Waals surface area (Å²) in [4.78, 5) is 22.9. The van der Waals surface area contributed by atoms with Gasteiger partial charge in [0.2, 0.25) is 0 Å². The van der Waals surface area contributed by atoms with E-state index in [1.165, 1.54) is 18.5 Å². The van der Waals surface area contributed by atoms with Crippen molar-refractivity contribution < 1.29 is 4.79 Å². The van der Waals surface area contributed by atoms with Crippen LogP contribution < -0.4 is 10.6 Å². The Morgan fingerprint density at radius 1 is 1.31 bits per heavy atom. The van der Waals surface area contributed by atoms with E-state index in [2.05, 4.69) is 44.2 Å². The fourth-order valence-electron chi connectivity index (χ4n) is 3.72. The monoisotopic (exact) mass is 356 g/mol. The van der Waals surface area contributed by atoms with Gasteiger partial charge in [-0.2, -0.15) is 0 Å². The molecule has 7 heteroatoms. The fourth-order valence-corrected chi connectivity index (χ4v) is 3.72. The molecule has 140 valence electrons. The number of carbonyl (C=O) groups excluding carboxylic acids is 1. The summed E-state index contributed by atoms with van der Waals surface area (Å²) in [5.74, 6) is 1.20. The highest BCUT2D eigenvalue weighted by Crippen LogP contribution is 2.34. The molecule has 2 N–H and O–H groups in total. The lowest BCUT2D eigenvalue weighted by Crippen LogP contribution is -2.39. The molecule has 7 nitrogen and oxygen atoms in total. The molecule has 26 heavy (non-hydrogen) atoms. The molecule has 2 atom stereocenters. The van der Waals surface area contributed by atoms with E-state index in [4.69, 9.17) is 0 Å². The van der Waals surface area contributed by atoms with E-state index in [0.717, 1.165) is 18.9 Å². The topological polar surface area (TPSA) is 75.1 Å². The molecule has 3 heterocycles. The molecule has 1 aliphatic rings. The molecule has 1 fully saturated rings. The lowest BCUT2D eigenvalue weighted by atomic mass is 9.87. The average molecular weight is 356 g/mol. The molecule has 0 spiro atoms. The third-order valence-electron chi connectivity index (χ3n) is 5.07. The Labute approximate surface area is 154 Å². The lowest BCUT2D eigenvalue weighted by Gasteiger charge is -2.39. The van der Waals surface area contributed by atoms with Gasteiger partial charge >= 0.3 is 0 Å². The van der Waals surface area contributed by atoms with Gasteiger partial charge in [-0.15, -0.1) is 0 Å². The van der Waals surface area contributed by atoms with E-state index >= 15 is 0 Å². The smallest absolute Gasteiger partial charge is 0.252 e. The first kappa shape index (κ1) is 18.4. The minimum atomic E-state index is -0.0864. The number of aryl methyl sites for hydroxylation is 1. The van der Waals surface area contributed by atoms with Crippen LogP contribution in [0.4, 0.5) is 5.82 Å². The number of hydrogen-bond acceptors (Lipinski definition) is 5. The van der Waals surface area contributed by atoms with Gasteiger partial charge in [0.25, 0.3) is 5.91 Å². The summed E-state index contributed by atoms with van der Waals surface area (Å²) in [6.45, 7) is 4.46. The second-order valence-electron chi connectivity index (χ2n) is 6.93. The van der Waals surface area contributed by atoms with E-state index < -0.39 is 0 Å². The van der Waals surface area contributed by atoms with Gasteiger partial charge in [0.1, 0.15) is 5.82 Å². The number of nitrogens with zero attached hydrogens (tertiary/aromatic N) is 4. The highest BCUT2D eigenvalue weighted by molar-refractivity contribution is 5.93. The molecular weight excluding hydrogens is 328 g/mol. The maximum atomic E-state index is 11.8. The number of amides is 1. The third kappa shape index (κ3) is 4.04. The van der Waals surface area contributed by atoms with Crippen molar-refractivity contribution >= 4 is 11.7 Å². The zero-order valence-corrected chi connectivity index (χ0v) is 15.8.